The van der Waals surface area contributed by atoms with E-state index in [9.17, 15) is 9.59 Å². The molecule has 0 bridgehead atoms. The number of rotatable bonds is 9. The Morgan fingerprint density at radius 3 is 2.43 bits per heavy atom. The normalized spacial score (nSPS) is 15.3. The van der Waals surface area contributed by atoms with E-state index in [1.54, 1.807) is 23.1 Å². The number of anilines is 2. The molecular formula is C22H27N3O5. The predicted octanol–water partition coefficient (Wildman–Crippen LogP) is 3.30. The molecule has 3 amide bonds. The number of nitrogens with one attached hydrogen (secondary N) is 2. The number of ether oxygens (including phenoxy) is 3. The number of benzene rings is 2. The molecule has 0 aliphatic carbocycles. The maximum atomic E-state index is 13.2. The van der Waals surface area contributed by atoms with Crippen molar-refractivity contribution in [2.24, 2.45) is 0 Å². The summed E-state index contributed by atoms with van der Waals surface area (Å²) in [5, 5.41) is 5.51. The number of hydrogen-bond donors (Lipinski definition) is 2. The first kappa shape index (κ1) is 21.6. The Labute approximate surface area is 176 Å². The number of para-hydroxylation sites is 3. The molecule has 0 radical (unpaired) electrons. The van der Waals surface area contributed by atoms with Gasteiger partial charge in [0.1, 0.15) is 11.8 Å². The molecule has 1 aliphatic heterocycles. The van der Waals surface area contributed by atoms with Gasteiger partial charge in [-0.25, -0.2) is 4.79 Å². The first-order valence-electron chi connectivity index (χ1n) is 9.93. The summed E-state index contributed by atoms with van der Waals surface area (Å²) < 4.78 is 16.5. The molecule has 1 atom stereocenters. The number of hydrogen-bond acceptors (Lipinski definition) is 5. The van der Waals surface area contributed by atoms with Crippen molar-refractivity contribution in [3.8, 4) is 5.75 Å². The SMILES string of the molecule is CCOC(CN1C(=O)[C@@H](NC(=O)Nc2ccccc2OC)c2ccccc21)OCC. The van der Waals surface area contributed by atoms with Gasteiger partial charge in [0.05, 0.1) is 19.3 Å². The Morgan fingerprint density at radius 1 is 1.07 bits per heavy atom. The highest BCUT2D eigenvalue weighted by molar-refractivity contribution is 6.07. The van der Waals surface area contributed by atoms with Crippen LogP contribution in [-0.4, -0.2) is 45.1 Å². The molecule has 0 aromatic heterocycles. The van der Waals surface area contributed by atoms with E-state index < -0.39 is 18.4 Å². The van der Waals surface area contributed by atoms with E-state index in [2.05, 4.69) is 10.6 Å². The lowest BCUT2D eigenvalue weighted by Gasteiger charge is -2.24. The number of amides is 3. The van der Waals surface area contributed by atoms with Crippen LogP contribution in [0.15, 0.2) is 48.5 Å². The van der Waals surface area contributed by atoms with Crippen LogP contribution in [0.1, 0.15) is 25.5 Å². The Kier molecular flexibility index (Phi) is 7.26. The minimum atomic E-state index is -0.806. The lowest BCUT2D eigenvalue weighted by molar-refractivity contribution is -0.135. The fraction of sp³-hybridized carbons (Fsp3) is 0.364. The van der Waals surface area contributed by atoms with Crippen LogP contribution in [0.3, 0.4) is 0 Å². The van der Waals surface area contributed by atoms with E-state index in [1.807, 2.05) is 44.2 Å². The minimum Gasteiger partial charge on any atom is -0.495 e. The first-order valence-corrected chi connectivity index (χ1v) is 9.93. The number of urea groups is 1. The Morgan fingerprint density at radius 2 is 1.73 bits per heavy atom. The standard InChI is InChI=1S/C22H27N3O5/c1-4-29-19(30-5-2)14-25-17-12-8-6-10-15(17)20(21(25)26)24-22(27)23-16-11-7-9-13-18(16)28-3/h6-13,19-20H,4-5,14H2,1-3H3,(H2,23,24,27)/t20-/m0/s1. The van der Waals surface area contributed by atoms with Crippen LogP contribution in [0.2, 0.25) is 0 Å². The van der Waals surface area contributed by atoms with E-state index >= 15 is 0 Å². The maximum Gasteiger partial charge on any atom is 0.320 e. The van der Waals surface area contributed by atoms with Crippen LogP contribution < -0.4 is 20.3 Å². The van der Waals surface area contributed by atoms with E-state index in [-0.39, 0.29) is 12.5 Å². The van der Waals surface area contributed by atoms with Gasteiger partial charge >= 0.3 is 6.03 Å². The van der Waals surface area contributed by atoms with Gasteiger partial charge in [-0.3, -0.25) is 4.79 Å². The van der Waals surface area contributed by atoms with Gasteiger partial charge in [0.2, 0.25) is 0 Å². The lowest BCUT2D eigenvalue weighted by Crippen LogP contribution is -2.43. The van der Waals surface area contributed by atoms with Gasteiger partial charge in [0.25, 0.3) is 5.91 Å². The molecule has 0 unspecified atom stereocenters. The summed E-state index contributed by atoms with van der Waals surface area (Å²) in [5.74, 6) is 0.291. The first-order chi connectivity index (χ1) is 14.6. The Bertz CT molecular complexity index is 883. The molecule has 1 aliphatic rings. The highest BCUT2D eigenvalue weighted by atomic mass is 16.7. The lowest BCUT2D eigenvalue weighted by atomic mass is 10.1. The fourth-order valence-corrected chi connectivity index (χ4v) is 3.42. The molecular weight excluding hydrogens is 386 g/mol. The van der Waals surface area contributed by atoms with Gasteiger partial charge in [0.15, 0.2) is 6.29 Å². The van der Waals surface area contributed by atoms with Crippen LogP contribution in [0, 0.1) is 0 Å². The molecule has 8 heteroatoms. The number of carbonyl (C=O) groups is 2. The summed E-state index contributed by atoms with van der Waals surface area (Å²) in [6, 6.07) is 13.1. The van der Waals surface area contributed by atoms with Crippen molar-refractivity contribution in [2.45, 2.75) is 26.2 Å². The van der Waals surface area contributed by atoms with Crippen LogP contribution in [0.4, 0.5) is 16.2 Å². The molecule has 0 spiro atoms. The van der Waals surface area contributed by atoms with Crippen molar-refractivity contribution in [3.05, 3.63) is 54.1 Å². The highest BCUT2D eigenvalue weighted by Gasteiger charge is 2.39. The van der Waals surface area contributed by atoms with Crippen molar-refractivity contribution in [2.75, 3.05) is 37.1 Å². The molecule has 8 nitrogen and oxygen atoms in total. The predicted molar refractivity (Wildman–Crippen MR) is 114 cm³/mol. The minimum absolute atomic E-state index is 0.240. The molecule has 0 saturated heterocycles. The van der Waals surface area contributed by atoms with Gasteiger partial charge in [-0.1, -0.05) is 30.3 Å². The fourth-order valence-electron chi connectivity index (χ4n) is 3.42. The zero-order chi connectivity index (χ0) is 21.5. The summed E-state index contributed by atoms with van der Waals surface area (Å²) >= 11 is 0. The van der Waals surface area contributed by atoms with E-state index in [4.69, 9.17) is 14.2 Å². The molecule has 2 N–H and O–H groups in total. The summed E-state index contributed by atoms with van der Waals surface area (Å²) in [4.78, 5) is 27.4. The van der Waals surface area contributed by atoms with Gasteiger partial charge in [-0.2, -0.15) is 0 Å². The zero-order valence-corrected chi connectivity index (χ0v) is 17.4. The zero-order valence-electron chi connectivity index (χ0n) is 17.4. The van der Waals surface area contributed by atoms with E-state index in [0.29, 0.717) is 24.7 Å². The second kappa shape index (κ2) is 10.1. The van der Waals surface area contributed by atoms with Crippen LogP contribution in [0.5, 0.6) is 5.75 Å². The maximum absolute atomic E-state index is 13.2. The van der Waals surface area contributed by atoms with Crippen LogP contribution in [-0.2, 0) is 14.3 Å². The number of methoxy groups -OCH3 is 1. The smallest absolute Gasteiger partial charge is 0.320 e. The van der Waals surface area contributed by atoms with Gasteiger partial charge < -0.3 is 29.7 Å². The summed E-state index contributed by atoms with van der Waals surface area (Å²) in [5.41, 5.74) is 1.97. The van der Waals surface area contributed by atoms with Crippen molar-refractivity contribution < 1.29 is 23.8 Å². The molecule has 2 aromatic carbocycles. The molecule has 160 valence electrons. The third-order valence-electron chi connectivity index (χ3n) is 4.72. The van der Waals surface area contributed by atoms with Gasteiger partial charge in [-0.05, 0) is 32.0 Å². The van der Waals surface area contributed by atoms with Crippen LogP contribution >= 0.6 is 0 Å². The third-order valence-corrected chi connectivity index (χ3v) is 4.72. The third kappa shape index (κ3) is 4.72. The molecule has 0 fully saturated rings. The largest absolute Gasteiger partial charge is 0.495 e. The molecule has 0 saturated carbocycles. The van der Waals surface area contributed by atoms with Crippen molar-refractivity contribution >= 4 is 23.3 Å². The second-order valence-corrected chi connectivity index (χ2v) is 6.58. The van der Waals surface area contributed by atoms with E-state index in [1.165, 1.54) is 7.11 Å². The summed E-state index contributed by atoms with van der Waals surface area (Å²) in [6.45, 7) is 4.93. The van der Waals surface area contributed by atoms with E-state index in [0.717, 1.165) is 11.3 Å². The molecule has 1 heterocycles. The van der Waals surface area contributed by atoms with Crippen molar-refractivity contribution in [1.29, 1.82) is 0 Å². The quantitative estimate of drug-likeness (QED) is 0.616. The number of carbonyl (C=O) groups excluding carboxylic acids is 2. The highest BCUT2D eigenvalue weighted by Crippen LogP contribution is 2.36. The Hall–Kier alpha value is -3.10. The monoisotopic (exact) mass is 413 g/mol. The topological polar surface area (TPSA) is 89.1 Å². The van der Waals surface area contributed by atoms with Crippen molar-refractivity contribution in [1.82, 2.24) is 5.32 Å². The number of fused-ring (bicyclic) bond motifs is 1. The molecule has 30 heavy (non-hydrogen) atoms. The van der Waals surface area contributed by atoms with Gasteiger partial charge in [0, 0.05) is 24.5 Å². The second-order valence-electron chi connectivity index (χ2n) is 6.58. The molecule has 2 aromatic rings. The van der Waals surface area contributed by atoms with Crippen LogP contribution in [0.25, 0.3) is 0 Å². The van der Waals surface area contributed by atoms with Crippen molar-refractivity contribution in [3.63, 3.8) is 0 Å². The summed E-state index contributed by atoms with van der Waals surface area (Å²) in [6.07, 6.45) is -0.543. The number of nitrogens with zero attached hydrogens (tertiary/aromatic N) is 1. The summed E-state index contributed by atoms with van der Waals surface area (Å²) in [7, 11) is 1.53. The average molecular weight is 413 g/mol. The molecule has 3 rings (SSSR count). The van der Waals surface area contributed by atoms with Gasteiger partial charge in [-0.15, -0.1) is 0 Å². The Balaban J connectivity index is 1.77. The average Bonchev–Trinajstić information content (AvgIpc) is 3.00.